The molecule has 0 N–H and O–H groups in total. The minimum atomic E-state index is 1.18. The highest BCUT2D eigenvalue weighted by Crippen LogP contribution is 2.06. The topological polar surface area (TPSA) is 0 Å². The Hall–Kier alpha value is -0.520. The van der Waals surface area contributed by atoms with Gasteiger partial charge in [0.2, 0.25) is 0 Å². The van der Waals surface area contributed by atoms with Crippen LogP contribution in [0.1, 0.15) is 40.5 Å². The van der Waals surface area contributed by atoms with Gasteiger partial charge in [0.1, 0.15) is 0 Å². The Morgan fingerprint density at radius 2 is 1.82 bits per heavy atom. The molecule has 0 aromatic carbocycles. The molecular formula is C11H19. The van der Waals surface area contributed by atoms with E-state index in [1.165, 1.54) is 24.0 Å². The van der Waals surface area contributed by atoms with Crippen molar-refractivity contribution in [2.24, 2.45) is 0 Å². The Morgan fingerprint density at radius 3 is 2.27 bits per heavy atom. The van der Waals surface area contributed by atoms with E-state index in [1.807, 2.05) is 0 Å². The third-order valence-corrected chi connectivity index (χ3v) is 1.54. The molecule has 0 aromatic rings. The van der Waals surface area contributed by atoms with Crippen molar-refractivity contribution in [1.29, 1.82) is 0 Å². The fraction of sp³-hybridized carbons (Fsp3) is 0.545. The molecule has 1 radical (unpaired) electrons. The van der Waals surface area contributed by atoms with E-state index in [4.69, 9.17) is 0 Å². The van der Waals surface area contributed by atoms with Gasteiger partial charge in [0.05, 0.1) is 0 Å². The van der Waals surface area contributed by atoms with Crippen LogP contribution in [0.25, 0.3) is 0 Å². The number of hydrogen-bond acceptors (Lipinski definition) is 0. The summed E-state index contributed by atoms with van der Waals surface area (Å²) in [5, 5.41) is 0. The van der Waals surface area contributed by atoms with Gasteiger partial charge in [0.15, 0.2) is 0 Å². The van der Waals surface area contributed by atoms with Crippen LogP contribution in [0.3, 0.4) is 0 Å². The third-order valence-electron chi connectivity index (χ3n) is 1.54. The number of hydrogen-bond donors (Lipinski definition) is 0. The second kappa shape index (κ2) is 6.21. The maximum Gasteiger partial charge on any atom is -0.0199 e. The van der Waals surface area contributed by atoms with Crippen LogP contribution in [-0.4, -0.2) is 0 Å². The average molecular weight is 151 g/mol. The second-order valence-corrected chi connectivity index (χ2v) is 3.17. The zero-order valence-electron chi connectivity index (χ0n) is 8.15. The lowest BCUT2D eigenvalue weighted by Crippen LogP contribution is -1.76. The summed E-state index contributed by atoms with van der Waals surface area (Å²) in [6, 6.07) is 0. The zero-order chi connectivity index (χ0) is 8.69. The standard InChI is InChI=1S/C11H19/c1-5-7-11(4)9-6-8-10(2)3/h5,7-8H,6,9H2,1-4H3. The fourth-order valence-corrected chi connectivity index (χ4v) is 0.956. The Kier molecular flexibility index (Phi) is 5.91. The largest absolute Gasteiger partial charge is 0.0856 e. The van der Waals surface area contributed by atoms with Crippen LogP contribution in [0.5, 0.6) is 0 Å². The minimum Gasteiger partial charge on any atom is -0.0856 e. The first-order valence-electron chi connectivity index (χ1n) is 4.25. The van der Waals surface area contributed by atoms with Gasteiger partial charge in [-0.3, -0.25) is 0 Å². The maximum absolute atomic E-state index is 2.28. The van der Waals surface area contributed by atoms with Crippen molar-refractivity contribution in [3.63, 3.8) is 0 Å². The van der Waals surface area contributed by atoms with Crippen LogP contribution in [0.15, 0.2) is 23.3 Å². The lowest BCUT2D eigenvalue weighted by molar-refractivity contribution is 0.964. The molecule has 63 valence electrons. The van der Waals surface area contributed by atoms with Crippen LogP contribution in [0.4, 0.5) is 0 Å². The molecule has 0 amide bonds. The van der Waals surface area contributed by atoms with Gasteiger partial charge in [-0.15, -0.1) is 0 Å². The van der Waals surface area contributed by atoms with Crippen molar-refractivity contribution < 1.29 is 0 Å². The predicted molar refractivity (Wildman–Crippen MR) is 52.4 cm³/mol. The zero-order valence-corrected chi connectivity index (χ0v) is 8.15. The van der Waals surface area contributed by atoms with Crippen molar-refractivity contribution in [3.8, 4) is 0 Å². The molecule has 0 bridgehead atoms. The van der Waals surface area contributed by atoms with Crippen LogP contribution in [-0.2, 0) is 0 Å². The highest BCUT2D eigenvalue weighted by molar-refractivity contribution is 5.06. The Morgan fingerprint density at radius 1 is 1.18 bits per heavy atom. The summed E-state index contributed by atoms with van der Waals surface area (Å²) < 4.78 is 0. The van der Waals surface area contributed by atoms with Gasteiger partial charge >= 0.3 is 0 Å². The Balaban J connectivity index is 3.54. The fourth-order valence-electron chi connectivity index (χ4n) is 0.956. The molecule has 0 saturated carbocycles. The van der Waals surface area contributed by atoms with E-state index in [-0.39, 0.29) is 0 Å². The summed E-state index contributed by atoms with van der Waals surface area (Å²) in [4.78, 5) is 0. The van der Waals surface area contributed by atoms with Gasteiger partial charge in [0.25, 0.3) is 0 Å². The summed E-state index contributed by atoms with van der Waals surface area (Å²) in [6.45, 7) is 8.53. The smallest absolute Gasteiger partial charge is 0.0199 e. The highest BCUT2D eigenvalue weighted by atomic mass is 13.9. The van der Waals surface area contributed by atoms with Gasteiger partial charge in [-0.05, 0) is 40.0 Å². The molecule has 11 heavy (non-hydrogen) atoms. The molecule has 0 nitrogen and oxygen atoms in total. The first kappa shape index (κ1) is 10.5. The molecule has 0 aromatic heterocycles. The van der Waals surface area contributed by atoms with E-state index < -0.39 is 0 Å². The van der Waals surface area contributed by atoms with E-state index in [2.05, 4.69) is 46.3 Å². The lowest BCUT2D eigenvalue weighted by atomic mass is 10.1. The predicted octanol–water partition coefficient (Wildman–Crippen LogP) is 3.90. The van der Waals surface area contributed by atoms with Crippen molar-refractivity contribution in [1.82, 2.24) is 0 Å². The van der Waals surface area contributed by atoms with Crippen molar-refractivity contribution in [3.05, 3.63) is 29.7 Å². The third kappa shape index (κ3) is 7.38. The van der Waals surface area contributed by atoms with E-state index in [0.29, 0.717) is 0 Å². The minimum absolute atomic E-state index is 1.18. The normalized spacial score (nSPS) is 11.5. The van der Waals surface area contributed by atoms with Gasteiger partial charge in [-0.1, -0.05) is 30.2 Å². The first-order valence-corrected chi connectivity index (χ1v) is 4.25. The molecule has 0 aliphatic heterocycles. The first-order chi connectivity index (χ1) is 5.16. The molecule has 0 unspecified atom stereocenters. The summed E-state index contributed by atoms with van der Waals surface area (Å²) in [5.41, 5.74) is 2.88. The molecule has 0 heteroatoms. The lowest BCUT2D eigenvalue weighted by Gasteiger charge is -1.96. The molecule has 0 spiro atoms. The van der Waals surface area contributed by atoms with E-state index in [1.54, 1.807) is 0 Å². The average Bonchev–Trinajstić information content (AvgIpc) is 1.87. The molecule has 0 saturated heterocycles. The highest BCUT2D eigenvalue weighted by Gasteiger charge is 1.86. The molecule has 0 aliphatic rings. The number of allylic oxidation sites excluding steroid dienone is 4. The van der Waals surface area contributed by atoms with E-state index >= 15 is 0 Å². The Bertz CT molecular complexity index is 145. The summed E-state index contributed by atoms with van der Waals surface area (Å²) in [7, 11) is 0. The molecule has 0 fully saturated rings. The van der Waals surface area contributed by atoms with Crippen LogP contribution in [0, 0.1) is 6.42 Å². The van der Waals surface area contributed by atoms with Crippen LogP contribution in [0.2, 0.25) is 0 Å². The van der Waals surface area contributed by atoms with Crippen LogP contribution < -0.4 is 0 Å². The van der Waals surface area contributed by atoms with Gasteiger partial charge < -0.3 is 0 Å². The SMILES string of the molecule is C[CH]C=C(C)CCC=C(C)C. The van der Waals surface area contributed by atoms with Gasteiger partial charge in [-0.2, -0.15) is 0 Å². The quantitative estimate of drug-likeness (QED) is 0.534. The van der Waals surface area contributed by atoms with Crippen molar-refractivity contribution >= 4 is 0 Å². The van der Waals surface area contributed by atoms with Gasteiger partial charge in [-0.25, -0.2) is 0 Å². The van der Waals surface area contributed by atoms with Crippen LogP contribution >= 0.6 is 0 Å². The Labute approximate surface area is 71.0 Å². The second-order valence-electron chi connectivity index (χ2n) is 3.17. The summed E-state index contributed by atoms with van der Waals surface area (Å²) >= 11 is 0. The van der Waals surface area contributed by atoms with Crippen molar-refractivity contribution in [2.75, 3.05) is 0 Å². The monoisotopic (exact) mass is 151 g/mol. The van der Waals surface area contributed by atoms with E-state index in [9.17, 15) is 0 Å². The summed E-state index contributed by atoms with van der Waals surface area (Å²) in [5.74, 6) is 0. The molecular weight excluding hydrogens is 132 g/mol. The van der Waals surface area contributed by atoms with Crippen molar-refractivity contribution in [2.45, 2.75) is 40.5 Å². The van der Waals surface area contributed by atoms with Gasteiger partial charge in [0, 0.05) is 0 Å². The maximum atomic E-state index is 2.28. The molecule has 0 atom stereocenters. The molecule has 0 heterocycles. The molecule has 0 aliphatic carbocycles. The summed E-state index contributed by atoms with van der Waals surface area (Å²) in [6.07, 6.45) is 8.93. The van der Waals surface area contributed by atoms with E-state index in [0.717, 1.165) is 0 Å². The number of rotatable bonds is 4. The molecule has 0 rings (SSSR count).